The summed E-state index contributed by atoms with van der Waals surface area (Å²) in [4.78, 5) is 25.5. The molecule has 5 nitrogen and oxygen atoms in total. The quantitative estimate of drug-likeness (QED) is 0.852. The van der Waals surface area contributed by atoms with Gasteiger partial charge in [0, 0.05) is 13.1 Å². The highest BCUT2D eigenvalue weighted by Gasteiger charge is 2.32. The number of rotatable bonds is 3. The first kappa shape index (κ1) is 11.7. The predicted octanol–water partition coefficient (Wildman–Crippen LogP) is 1.02. The number of piperazine rings is 1. The number of hydrogen-bond donors (Lipinski definition) is 1. The summed E-state index contributed by atoms with van der Waals surface area (Å²) in [5.41, 5.74) is 0.501. The Morgan fingerprint density at radius 1 is 1.65 bits per heavy atom. The second kappa shape index (κ2) is 5.03. The van der Waals surface area contributed by atoms with Gasteiger partial charge in [-0.25, -0.2) is 0 Å². The SMILES string of the molecule is CCC[C@@H]1C(=O)NCCN1C(=O)c1ccoc1. The van der Waals surface area contributed by atoms with Crippen LogP contribution in [0, 0.1) is 0 Å². The van der Waals surface area contributed by atoms with Crippen molar-refractivity contribution in [1.82, 2.24) is 10.2 Å². The van der Waals surface area contributed by atoms with E-state index >= 15 is 0 Å². The average molecular weight is 236 g/mol. The van der Waals surface area contributed by atoms with Crippen LogP contribution in [0.3, 0.4) is 0 Å². The lowest BCUT2D eigenvalue weighted by molar-refractivity contribution is -0.128. The monoisotopic (exact) mass is 236 g/mol. The van der Waals surface area contributed by atoms with Crippen molar-refractivity contribution >= 4 is 11.8 Å². The van der Waals surface area contributed by atoms with Crippen LogP contribution in [0.25, 0.3) is 0 Å². The maximum atomic E-state index is 12.2. The predicted molar refractivity (Wildman–Crippen MR) is 61.5 cm³/mol. The van der Waals surface area contributed by atoms with Gasteiger partial charge in [0.15, 0.2) is 0 Å². The van der Waals surface area contributed by atoms with Crippen LogP contribution in [0.15, 0.2) is 23.0 Å². The largest absolute Gasteiger partial charge is 0.472 e. The lowest BCUT2D eigenvalue weighted by Crippen LogP contribution is -2.57. The van der Waals surface area contributed by atoms with E-state index in [-0.39, 0.29) is 17.9 Å². The van der Waals surface area contributed by atoms with Gasteiger partial charge in [-0.1, -0.05) is 13.3 Å². The fraction of sp³-hybridized carbons (Fsp3) is 0.500. The minimum Gasteiger partial charge on any atom is -0.472 e. The molecule has 2 heterocycles. The minimum absolute atomic E-state index is 0.0602. The van der Waals surface area contributed by atoms with E-state index in [0.717, 1.165) is 6.42 Å². The summed E-state index contributed by atoms with van der Waals surface area (Å²) in [6.45, 7) is 3.07. The summed E-state index contributed by atoms with van der Waals surface area (Å²) in [6, 6.07) is 1.27. The first-order chi connectivity index (χ1) is 8.24. The maximum Gasteiger partial charge on any atom is 0.257 e. The molecule has 1 aliphatic heterocycles. The molecular formula is C12H16N2O3. The fourth-order valence-electron chi connectivity index (χ4n) is 2.07. The van der Waals surface area contributed by atoms with Crippen molar-refractivity contribution in [2.75, 3.05) is 13.1 Å². The van der Waals surface area contributed by atoms with Gasteiger partial charge in [0.2, 0.25) is 5.91 Å². The topological polar surface area (TPSA) is 62.6 Å². The van der Waals surface area contributed by atoms with Gasteiger partial charge in [0.1, 0.15) is 12.3 Å². The van der Waals surface area contributed by atoms with Gasteiger partial charge in [-0.05, 0) is 12.5 Å². The second-order valence-electron chi connectivity index (χ2n) is 4.11. The van der Waals surface area contributed by atoms with Crippen molar-refractivity contribution in [3.63, 3.8) is 0 Å². The Morgan fingerprint density at radius 2 is 2.47 bits per heavy atom. The molecule has 92 valence electrons. The number of nitrogens with zero attached hydrogens (tertiary/aromatic N) is 1. The molecular weight excluding hydrogens is 220 g/mol. The van der Waals surface area contributed by atoms with E-state index < -0.39 is 0 Å². The van der Waals surface area contributed by atoms with Crippen molar-refractivity contribution in [3.8, 4) is 0 Å². The molecule has 1 aromatic rings. The number of carbonyl (C=O) groups excluding carboxylic acids is 2. The highest BCUT2D eigenvalue weighted by molar-refractivity contribution is 5.97. The molecule has 2 amide bonds. The van der Waals surface area contributed by atoms with Gasteiger partial charge in [-0.2, -0.15) is 0 Å². The lowest BCUT2D eigenvalue weighted by Gasteiger charge is -2.34. The van der Waals surface area contributed by atoms with Gasteiger partial charge in [-0.15, -0.1) is 0 Å². The van der Waals surface area contributed by atoms with E-state index in [0.29, 0.717) is 25.1 Å². The zero-order valence-corrected chi connectivity index (χ0v) is 9.81. The van der Waals surface area contributed by atoms with E-state index in [4.69, 9.17) is 4.42 Å². The molecule has 0 spiro atoms. The Bertz CT molecular complexity index is 400. The van der Waals surface area contributed by atoms with Crippen molar-refractivity contribution in [2.24, 2.45) is 0 Å². The highest BCUT2D eigenvalue weighted by atomic mass is 16.3. The summed E-state index contributed by atoms with van der Waals surface area (Å²) in [5.74, 6) is -0.193. The van der Waals surface area contributed by atoms with Crippen molar-refractivity contribution in [2.45, 2.75) is 25.8 Å². The molecule has 1 N–H and O–H groups in total. The Kier molecular flexibility index (Phi) is 3.46. The average Bonchev–Trinajstić information content (AvgIpc) is 2.85. The van der Waals surface area contributed by atoms with Gasteiger partial charge >= 0.3 is 0 Å². The summed E-state index contributed by atoms with van der Waals surface area (Å²) < 4.78 is 4.90. The molecule has 1 saturated heterocycles. The van der Waals surface area contributed by atoms with Crippen molar-refractivity contribution in [1.29, 1.82) is 0 Å². The zero-order valence-electron chi connectivity index (χ0n) is 9.81. The number of nitrogens with one attached hydrogen (secondary N) is 1. The third-order valence-electron chi connectivity index (χ3n) is 2.92. The first-order valence-corrected chi connectivity index (χ1v) is 5.85. The molecule has 2 rings (SSSR count). The molecule has 1 atom stereocenters. The Balaban J connectivity index is 2.17. The molecule has 0 aliphatic carbocycles. The number of amides is 2. The summed E-state index contributed by atoms with van der Waals surface area (Å²) in [7, 11) is 0. The van der Waals surface area contributed by atoms with E-state index in [2.05, 4.69) is 5.32 Å². The van der Waals surface area contributed by atoms with E-state index in [1.807, 2.05) is 6.92 Å². The molecule has 0 bridgehead atoms. The van der Waals surface area contributed by atoms with E-state index in [9.17, 15) is 9.59 Å². The number of hydrogen-bond acceptors (Lipinski definition) is 3. The first-order valence-electron chi connectivity index (χ1n) is 5.85. The van der Waals surface area contributed by atoms with E-state index in [1.54, 1.807) is 11.0 Å². The third-order valence-corrected chi connectivity index (χ3v) is 2.92. The Labute approximate surface area is 99.8 Å². The van der Waals surface area contributed by atoms with Crippen LogP contribution in [0.4, 0.5) is 0 Å². The molecule has 0 saturated carbocycles. The van der Waals surface area contributed by atoms with Crippen LogP contribution < -0.4 is 5.32 Å². The fourth-order valence-corrected chi connectivity index (χ4v) is 2.07. The number of carbonyl (C=O) groups is 2. The van der Waals surface area contributed by atoms with Gasteiger partial charge in [0.25, 0.3) is 5.91 Å². The molecule has 1 aliphatic rings. The molecule has 1 fully saturated rings. The molecule has 17 heavy (non-hydrogen) atoms. The van der Waals surface area contributed by atoms with Gasteiger partial charge in [0.05, 0.1) is 11.8 Å². The molecule has 0 unspecified atom stereocenters. The summed E-state index contributed by atoms with van der Waals surface area (Å²) in [5, 5.41) is 2.79. The maximum absolute atomic E-state index is 12.2. The van der Waals surface area contributed by atoms with Crippen LogP contribution >= 0.6 is 0 Å². The van der Waals surface area contributed by atoms with Crippen molar-refractivity contribution in [3.05, 3.63) is 24.2 Å². The Hall–Kier alpha value is -1.78. The van der Waals surface area contributed by atoms with Crippen LogP contribution in [0.1, 0.15) is 30.1 Å². The minimum atomic E-state index is -0.351. The standard InChI is InChI=1S/C12H16N2O3/c1-2-3-10-11(15)13-5-6-14(10)12(16)9-4-7-17-8-9/h4,7-8,10H,2-3,5-6H2,1H3,(H,13,15)/t10-/m1/s1. The zero-order chi connectivity index (χ0) is 12.3. The number of furan rings is 1. The van der Waals surface area contributed by atoms with Gasteiger partial charge < -0.3 is 14.6 Å². The van der Waals surface area contributed by atoms with Crippen LogP contribution in [0.5, 0.6) is 0 Å². The van der Waals surface area contributed by atoms with Crippen LogP contribution in [0.2, 0.25) is 0 Å². The molecule has 0 aromatic carbocycles. The molecule has 0 radical (unpaired) electrons. The summed E-state index contributed by atoms with van der Waals surface area (Å²) in [6.07, 6.45) is 4.44. The lowest BCUT2D eigenvalue weighted by atomic mass is 10.1. The third kappa shape index (κ3) is 2.33. The van der Waals surface area contributed by atoms with Crippen LogP contribution in [-0.2, 0) is 4.79 Å². The smallest absolute Gasteiger partial charge is 0.257 e. The second-order valence-corrected chi connectivity index (χ2v) is 4.11. The Morgan fingerprint density at radius 3 is 3.12 bits per heavy atom. The molecule has 1 aromatic heterocycles. The van der Waals surface area contributed by atoms with Crippen LogP contribution in [-0.4, -0.2) is 35.8 Å². The summed E-state index contributed by atoms with van der Waals surface area (Å²) >= 11 is 0. The molecule has 5 heteroatoms. The van der Waals surface area contributed by atoms with Gasteiger partial charge in [-0.3, -0.25) is 9.59 Å². The normalized spacial score (nSPS) is 20.2. The van der Waals surface area contributed by atoms with E-state index in [1.165, 1.54) is 12.5 Å². The van der Waals surface area contributed by atoms with Crippen molar-refractivity contribution < 1.29 is 14.0 Å². The highest BCUT2D eigenvalue weighted by Crippen LogP contribution is 2.15.